The van der Waals surface area contributed by atoms with Crippen LogP contribution in [0.25, 0.3) is 11.1 Å². The van der Waals surface area contributed by atoms with E-state index in [4.69, 9.17) is 29.4 Å². The van der Waals surface area contributed by atoms with E-state index < -0.39 is 133 Å². The highest BCUT2D eigenvalue weighted by molar-refractivity contribution is 6.12. The summed E-state index contributed by atoms with van der Waals surface area (Å²) in [5, 5.41) is 36.9. The van der Waals surface area contributed by atoms with E-state index in [1.807, 2.05) is 55.7 Å². The molecule has 6 rings (SSSR count). The number of likely N-dealkylation sites (N-methyl/N-ethyl adjacent to an activating group) is 1. The molecule has 5 unspecified atom stereocenters. The van der Waals surface area contributed by atoms with E-state index in [-0.39, 0.29) is 64.5 Å². The third kappa shape index (κ3) is 18.5. The minimum Gasteiger partial charge on any atom is -0.392 e. The largest absolute Gasteiger partial charge is 0.392 e. The van der Waals surface area contributed by atoms with Gasteiger partial charge in [0.2, 0.25) is 29.5 Å². The zero-order valence-electron chi connectivity index (χ0n) is 47.3. The van der Waals surface area contributed by atoms with Crippen molar-refractivity contribution in [2.24, 2.45) is 11.1 Å². The van der Waals surface area contributed by atoms with Gasteiger partial charge in [-0.15, -0.1) is 0 Å². The van der Waals surface area contributed by atoms with Crippen LogP contribution < -0.4 is 32.3 Å². The van der Waals surface area contributed by atoms with Crippen molar-refractivity contribution in [1.29, 1.82) is 0 Å². The molecule has 0 spiro atoms. The Morgan fingerprint density at radius 1 is 0.890 bits per heavy atom. The Bertz CT molecular complexity index is 2690. The van der Waals surface area contributed by atoms with Crippen molar-refractivity contribution in [2.45, 2.75) is 115 Å². The molecular formula is C56H78F2N10O14. The van der Waals surface area contributed by atoms with Crippen molar-refractivity contribution in [3.8, 4) is 11.1 Å². The summed E-state index contributed by atoms with van der Waals surface area (Å²) >= 11 is 0. The van der Waals surface area contributed by atoms with Crippen LogP contribution in [0.15, 0.2) is 72.9 Å². The smallest absolute Gasteiger partial charge is 0.253 e. The average Bonchev–Trinajstić information content (AvgIpc) is 3.95. The Morgan fingerprint density at radius 3 is 2.26 bits per heavy atom. The molecule has 1 aromatic heterocycles. The number of aromatic nitrogens is 1. The second-order valence-corrected chi connectivity index (χ2v) is 21.4. The van der Waals surface area contributed by atoms with Crippen LogP contribution in [0.1, 0.15) is 64.8 Å². The Morgan fingerprint density at radius 2 is 1.59 bits per heavy atom. The number of halogens is 2. The van der Waals surface area contributed by atoms with Crippen molar-refractivity contribution in [3.05, 3.63) is 95.8 Å². The third-order valence-corrected chi connectivity index (χ3v) is 14.1. The molecule has 0 aliphatic carbocycles. The lowest BCUT2D eigenvalue weighted by molar-refractivity contribution is -0.141. The minimum atomic E-state index is -1.51. The molecule has 0 radical (unpaired) electrons. The zero-order chi connectivity index (χ0) is 59.8. The van der Waals surface area contributed by atoms with E-state index in [2.05, 4.69) is 26.6 Å². The summed E-state index contributed by atoms with van der Waals surface area (Å²) in [6.07, 6.45) is -0.743. The molecule has 450 valence electrons. The van der Waals surface area contributed by atoms with Gasteiger partial charge in [-0.3, -0.25) is 54.0 Å². The number of benzene rings is 2. The van der Waals surface area contributed by atoms with Crippen molar-refractivity contribution in [2.75, 3.05) is 80.0 Å². The fraction of sp³-hybridized carbons (Fsp3) is 0.554. The van der Waals surface area contributed by atoms with E-state index in [0.717, 1.165) is 33.6 Å². The van der Waals surface area contributed by atoms with Gasteiger partial charge in [0.1, 0.15) is 61.2 Å². The van der Waals surface area contributed by atoms with Crippen LogP contribution in [0.5, 0.6) is 0 Å². The van der Waals surface area contributed by atoms with Crippen LogP contribution in [0.3, 0.4) is 0 Å². The maximum Gasteiger partial charge on any atom is 0.253 e. The number of aliphatic hydroxyl groups is 2. The van der Waals surface area contributed by atoms with Crippen molar-refractivity contribution < 1.29 is 76.2 Å². The molecule has 7 amide bonds. The van der Waals surface area contributed by atoms with E-state index in [0.29, 0.717) is 24.5 Å². The molecule has 3 aliphatic heterocycles. The van der Waals surface area contributed by atoms with Crippen molar-refractivity contribution in [1.82, 2.24) is 45.9 Å². The van der Waals surface area contributed by atoms with E-state index >= 15 is 4.39 Å². The Labute approximate surface area is 475 Å². The highest BCUT2D eigenvalue weighted by atomic mass is 19.1. The number of aliphatic hydroxyl groups excluding tert-OH is 2. The van der Waals surface area contributed by atoms with Gasteiger partial charge in [0.25, 0.3) is 11.8 Å². The number of carbonyl (C=O) groups excluding carboxylic acids is 7. The predicted octanol–water partition coefficient (Wildman–Crippen LogP) is 0.00180. The van der Waals surface area contributed by atoms with Crippen LogP contribution in [0.4, 0.5) is 8.78 Å². The molecule has 10 atom stereocenters. The number of hydrogen-bond acceptors (Lipinski definition) is 17. The monoisotopic (exact) mass is 1150 g/mol. The Balaban J connectivity index is 1.18. The van der Waals surface area contributed by atoms with Crippen LogP contribution in [-0.4, -0.2) is 206 Å². The fourth-order valence-electron chi connectivity index (χ4n) is 9.63. The maximum atomic E-state index is 15.5. The van der Waals surface area contributed by atoms with Gasteiger partial charge in [-0.2, -0.15) is 0 Å². The van der Waals surface area contributed by atoms with Crippen LogP contribution in [0, 0.1) is 17.0 Å². The second kappa shape index (κ2) is 30.1. The maximum absolute atomic E-state index is 15.5. The van der Waals surface area contributed by atoms with E-state index in [9.17, 15) is 48.2 Å². The van der Waals surface area contributed by atoms with Gasteiger partial charge in [-0.25, -0.2) is 8.78 Å². The number of carbonyl (C=O) groups is 7. The number of nitrogens with two attached hydrogens (primary N) is 1. The summed E-state index contributed by atoms with van der Waals surface area (Å²) < 4.78 is 59.2. The molecular weight excluding hydrogens is 1070 g/mol. The quantitative estimate of drug-likeness (QED) is 0.0166. The number of hydrogen-bond donors (Lipinski definition) is 8. The summed E-state index contributed by atoms with van der Waals surface area (Å²) in [4.78, 5) is 94.6. The molecule has 4 heterocycles. The minimum absolute atomic E-state index is 0.0115. The topological polar surface area (TPSA) is 314 Å². The molecule has 2 saturated heterocycles. The first kappa shape index (κ1) is 64.6. The van der Waals surface area contributed by atoms with Gasteiger partial charge in [0, 0.05) is 81.9 Å². The van der Waals surface area contributed by atoms with Crippen molar-refractivity contribution >= 4 is 41.4 Å². The van der Waals surface area contributed by atoms with Gasteiger partial charge in [-0.1, -0.05) is 51.1 Å². The number of rotatable bonds is 35. The highest BCUT2D eigenvalue weighted by Crippen LogP contribution is 2.42. The number of epoxide rings is 2. The number of amides is 7. The first-order valence-corrected chi connectivity index (χ1v) is 27.2. The van der Waals surface area contributed by atoms with Gasteiger partial charge in [0.05, 0.1) is 57.7 Å². The van der Waals surface area contributed by atoms with Crippen LogP contribution in [-0.2, 0) is 63.8 Å². The standard InChI is InChI=1S/C56H78F2N10O14/c1-33(62-45(71)32-80-24-23-79-22-21-78-7)55(77)65(6)34(2)51(75)63-41(27-44(59)70)49-54(82-49)64-40(52(76)60-18-19-61-53-43(81-53)30-68-46(72)15-16-47(68)73)17-20-67(48(74)31-69)50(56(3,4)5)42-25-36(38-26-37(57)13-14-39(38)58)29-66(42)28-35-11-9-8-10-12-35/h8-16,25-26,29,33-34,40-41,43,48-50,53-54,61,64,69,74H,17-24,27-28,30-32H2,1-7H3,(H2,59,70)(H,60,76)(H,62,71)(H,63,75)/t33-,34-,40-,41-,43?,48?,49?,50-,53?,54?/m0/s1. The van der Waals surface area contributed by atoms with Gasteiger partial charge < -0.3 is 65.0 Å². The van der Waals surface area contributed by atoms with Gasteiger partial charge >= 0.3 is 0 Å². The SMILES string of the molecule is COCCOCCOCC(=O)N[C@@H](C)C(=O)N(C)[C@@H](C)C(=O)N[C@@H](CC(N)=O)C1OC1N[C@@H](CCN(C(O)CO)[C@@H](c1cc(-c2cc(F)ccc2F)cn1Cc1ccccc1)C(C)(C)C)C(=O)NCCNC1OC1CN1C(=O)C=CC1=O. The summed E-state index contributed by atoms with van der Waals surface area (Å²) in [5.41, 5.74) is 6.76. The molecule has 26 heteroatoms. The predicted molar refractivity (Wildman–Crippen MR) is 292 cm³/mol. The molecule has 0 bridgehead atoms. The average molecular weight is 1150 g/mol. The summed E-state index contributed by atoms with van der Waals surface area (Å²) in [7, 11) is 2.92. The first-order valence-electron chi connectivity index (χ1n) is 27.2. The lowest BCUT2D eigenvalue weighted by atomic mass is 9.82. The van der Waals surface area contributed by atoms with Crippen LogP contribution in [0.2, 0.25) is 0 Å². The lowest BCUT2D eigenvalue weighted by Crippen LogP contribution is -2.55. The number of nitrogens with one attached hydrogen (secondary N) is 5. The lowest BCUT2D eigenvalue weighted by Gasteiger charge is -2.43. The number of ether oxygens (including phenoxy) is 5. The summed E-state index contributed by atoms with van der Waals surface area (Å²) in [6, 6.07) is 9.21. The van der Waals surface area contributed by atoms with Gasteiger partial charge in [-0.05, 0) is 55.5 Å². The highest BCUT2D eigenvalue weighted by Gasteiger charge is 2.49. The summed E-state index contributed by atoms with van der Waals surface area (Å²) in [6.45, 7) is 9.24. The van der Waals surface area contributed by atoms with E-state index in [1.54, 1.807) is 24.3 Å². The van der Waals surface area contributed by atoms with Gasteiger partial charge in [0.15, 0.2) is 0 Å². The Kier molecular flexibility index (Phi) is 23.7. The van der Waals surface area contributed by atoms with Crippen molar-refractivity contribution in [3.63, 3.8) is 0 Å². The molecule has 9 N–H and O–H groups in total. The molecule has 0 saturated carbocycles. The molecule has 24 nitrogen and oxygen atoms in total. The molecule has 3 aromatic rings. The summed E-state index contributed by atoms with van der Waals surface area (Å²) in [5.74, 6) is -5.37. The normalized spacial score (nSPS) is 19.8. The first-order chi connectivity index (χ1) is 39.0. The molecule has 2 fully saturated rings. The third-order valence-electron chi connectivity index (χ3n) is 14.1. The van der Waals surface area contributed by atoms with Crippen LogP contribution >= 0.6 is 0 Å². The number of primary amides is 1. The molecule has 82 heavy (non-hydrogen) atoms. The fourth-order valence-corrected chi connectivity index (χ4v) is 9.63. The second-order valence-electron chi connectivity index (χ2n) is 21.4. The zero-order valence-corrected chi connectivity index (χ0v) is 47.3. The van der Waals surface area contributed by atoms with E-state index in [1.165, 1.54) is 33.0 Å². The molecule has 2 aromatic carbocycles. The number of methoxy groups -OCH3 is 1. The number of imide groups is 1. The number of nitrogens with zero attached hydrogens (tertiary/aromatic N) is 4. The Hall–Kier alpha value is -6.59. The molecule has 3 aliphatic rings.